The summed E-state index contributed by atoms with van der Waals surface area (Å²) in [4.78, 5) is 16.2. The average molecular weight is 341 g/mol. The number of rotatable bonds is 3. The summed E-state index contributed by atoms with van der Waals surface area (Å²) in [6, 6.07) is 4.95. The van der Waals surface area contributed by atoms with E-state index < -0.39 is 0 Å². The molecule has 0 aliphatic carbocycles. The van der Waals surface area contributed by atoms with Gasteiger partial charge in [-0.25, -0.2) is 0 Å². The fourth-order valence-electron chi connectivity index (χ4n) is 1.35. The van der Waals surface area contributed by atoms with E-state index in [0.717, 1.165) is 0 Å². The molecule has 8 heteroatoms. The Bertz CT molecular complexity index is 628. The van der Waals surface area contributed by atoms with E-state index in [2.05, 4.69) is 31.4 Å². The second kappa shape index (κ2) is 5.81. The Morgan fingerprint density at radius 2 is 2.32 bits per heavy atom. The molecule has 0 aliphatic heterocycles. The van der Waals surface area contributed by atoms with Crippen LogP contribution in [0, 0.1) is 0 Å². The Kier molecular flexibility index (Phi) is 4.13. The summed E-state index contributed by atoms with van der Waals surface area (Å²) in [7, 11) is 0. The van der Waals surface area contributed by atoms with E-state index in [1.165, 1.54) is 17.5 Å². The van der Waals surface area contributed by atoms with Gasteiger partial charge in [-0.1, -0.05) is 5.16 Å². The van der Waals surface area contributed by atoms with Crippen molar-refractivity contribution in [2.75, 3.05) is 5.32 Å². The average Bonchev–Trinajstić information content (AvgIpc) is 2.94. The van der Waals surface area contributed by atoms with Crippen LogP contribution >= 0.6 is 27.3 Å². The fraction of sp³-hybridized carbons (Fsp3) is 0. The normalized spacial score (nSPS) is 11.3. The number of oxime groups is 1. The highest BCUT2D eigenvalue weighted by Crippen LogP contribution is 2.24. The molecule has 2 aromatic rings. The van der Waals surface area contributed by atoms with Gasteiger partial charge in [0.1, 0.15) is 4.88 Å². The Morgan fingerprint density at radius 3 is 2.89 bits per heavy atom. The van der Waals surface area contributed by atoms with Gasteiger partial charge in [-0.3, -0.25) is 9.78 Å². The first kappa shape index (κ1) is 13.5. The van der Waals surface area contributed by atoms with Crippen molar-refractivity contribution in [3.8, 4) is 0 Å². The van der Waals surface area contributed by atoms with E-state index in [4.69, 9.17) is 10.9 Å². The number of benzene rings is 1. The van der Waals surface area contributed by atoms with E-state index in [-0.39, 0.29) is 11.7 Å². The van der Waals surface area contributed by atoms with E-state index in [1.807, 2.05) is 0 Å². The molecule has 1 aromatic carbocycles. The number of carbonyl (C=O) groups excluding carboxylic acids is 1. The van der Waals surface area contributed by atoms with E-state index >= 15 is 0 Å². The van der Waals surface area contributed by atoms with Gasteiger partial charge in [0.15, 0.2) is 5.84 Å². The smallest absolute Gasteiger partial charge is 0.267 e. The molecular weight excluding hydrogens is 332 g/mol. The largest absolute Gasteiger partial charge is 0.409 e. The lowest BCUT2D eigenvalue weighted by Crippen LogP contribution is -2.14. The van der Waals surface area contributed by atoms with Crippen LogP contribution in [0.25, 0.3) is 0 Å². The van der Waals surface area contributed by atoms with Crippen LogP contribution in [-0.2, 0) is 0 Å². The van der Waals surface area contributed by atoms with Gasteiger partial charge in [0.25, 0.3) is 5.91 Å². The van der Waals surface area contributed by atoms with Crippen LogP contribution in [0.1, 0.15) is 15.2 Å². The molecule has 98 valence electrons. The number of nitrogens with zero attached hydrogens (tertiary/aromatic N) is 2. The van der Waals surface area contributed by atoms with Crippen LogP contribution in [-0.4, -0.2) is 21.9 Å². The Hall–Kier alpha value is -1.93. The van der Waals surface area contributed by atoms with Gasteiger partial charge >= 0.3 is 0 Å². The SMILES string of the molecule is N/C(=N/O)c1ccc(NC(=O)c2cncs2)c(Br)c1. The minimum absolute atomic E-state index is 0.000957. The third-order valence-corrected chi connectivity index (χ3v) is 3.70. The first-order valence-electron chi connectivity index (χ1n) is 5.09. The number of nitrogens with one attached hydrogen (secondary N) is 1. The molecular formula is C11H9BrN4O2S. The van der Waals surface area contributed by atoms with Crippen molar-refractivity contribution >= 4 is 44.7 Å². The number of amides is 1. The minimum Gasteiger partial charge on any atom is -0.409 e. The lowest BCUT2D eigenvalue weighted by atomic mass is 10.2. The van der Waals surface area contributed by atoms with Crippen molar-refractivity contribution in [3.63, 3.8) is 0 Å². The summed E-state index contributed by atoms with van der Waals surface area (Å²) < 4.78 is 0.634. The monoisotopic (exact) mass is 340 g/mol. The van der Waals surface area contributed by atoms with E-state index in [9.17, 15) is 4.79 Å². The Morgan fingerprint density at radius 1 is 1.53 bits per heavy atom. The highest BCUT2D eigenvalue weighted by Gasteiger charge is 2.10. The van der Waals surface area contributed by atoms with Crippen LogP contribution in [0.4, 0.5) is 5.69 Å². The summed E-state index contributed by atoms with van der Waals surface area (Å²) in [5.41, 5.74) is 8.20. The number of carbonyl (C=O) groups is 1. The molecule has 0 saturated heterocycles. The zero-order valence-corrected chi connectivity index (χ0v) is 11.9. The molecule has 1 heterocycles. The molecule has 1 amide bonds. The van der Waals surface area contributed by atoms with Gasteiger partial charge in [0.2, 0.25) is 0 Å². The maximum Gasteiger partial charge on any atom is 0.267 e. The Balaban J connectivity index is 2.20. The van der Waals surface area contributed by atoms with E-state index in [0.29, 0.717) is 20.6 Å². The van der Waals surface area contributed by atoms with Crippen molar-refractivity contribution in [2.24, 2.45) is 10.9 Å². The number of aromatic nitrogens is 1. The van der Waals surface area contributed by atoms with Crippen LogP contribution < -0.4 is 11.1 Å². The van der Waals surface area contributed by atoms with Gasteiger partial charge in [0.05, 0.1) is 17.4 Å². The Labute approximate surface area is 121 Å². The van der Waals surface area contributed by atoms with Crippen molar-refractivity contribution in [1.29, 1.82) is 0 Å². The quantitative estimate of drug-likeness (QED) is 0.345. The zero-order chi connectivity index (χ0) is 13.8. The molecule has 0 atom stereocenters. The van der Waals surface area contributed by atoms with Crippen molar-refractivity contribution in [3.05, 3.63) is 44.8 Å². The number of halogens is 1. The van der Waals surface area contributed by atoms with Crippen molar-refractivity contribution in [1.82, 2.24) is 4.98 Å². The molecule has 6 nitrogen and oxygen atoms in total. The topological polar surface area (TPSA) is 101 Å². The molecule has 2 rings (SSSR count). The summed E-state index contributed by atoms with van der Waals surface area (Å²) in [6.07, 6.45) is 1.50. The van der Waals surface area contributed by atoms with Gasteiger partial charge < -0.3 is 16.3 Å². The molecule has 1 aromatic heterocycles. The molecule has 19 heavy (non-hydrogen) atoms. The molecule has 0 fully saturated rings. The first-order chi connectivity index (χ1) is 9.11. The zero-order valence-electron chi connectivity index (χ0n) is 9.50. The predicted octanol–water partition coefficient (Wildman–Crippen LogP) is 2.25. The molecule has 0 unspecified atom stereocenters. The maximum atomic E-state index is 11.9. The molecule has 0 bridgehead atoms. The van der Waals surface area contributed by atoms with Crippen LogP contribution in [0.2, 0.25) is 0 Å². The second-order valence-electron chi connectivity index (χ2n) is 3.50. The predicted molar refractivity (Wildman–Crippen MR) is 76.7 cm³/mol. The highest BCUT2D eigenvalue weighted by atomic mass is 79.9. The van der Waals surface area contributed by atoms with Gasteiger partial charge in [-0.05, 0) is 34.1 Å². The lowest BCUT2D eigenvalue weighted by Gasteiger charge is -2.07. The fourth-order valence-corrected chi connectivity index (χ4v) is 2.34. The van der Waals surface area contributed by atoms with Gasteiger partial charge in [0, 0.05) is 10.0 Å². The van der Waals surface area contributed by atoms with Crippen LogP contribution in [0.15, 0.2) is 39.5 Å². The number of thiazole rings is 1. The molecule has 0 saturated carbocycles. The number of hydrogen-bond acceptors (Lipinski definition) is 5. The summed E-state index contributed by atoms with van der Waals surface area (Å²) in [5.74, 6) is -0.235. The second-order valence-corrected chi connectivity index (χ2v) is 5.24. The third kappa shape index (κ3) is 3.09. The standard InChI is InChI=1S/C11H9BrN4O2S/c12-7-3-6(10(13)16-18)1-2-8(7)15-11(17)9-4-14-5-19-9/h1-5,18H,(H2,13,16)(H,15,17). The molecule has 0 spiro atoms. The number of nitrogens with two attached hydrogens (primary N) is 1. The molecule has 0 radical (unpaired) electrons. The number of anilines is 1. The molecule has 0 aliphatic rings. The third-order valence-electron chi connectivity index (χ3n) is 2.28. The van der Waals surface area contributed by atoms with Crippen LogP contribution in [0.3, 0.4) is 0 Å². The summed E-state index contributed by atoms with van der Waals surface area (Å²) in [6.45, 7) is 0. The van der Waals surface area contributed by atoms with Crippen molar-refractivity contribution < 1.29 is 10.0 Å². The maximum absolute atomic E-state index is 11.9. The van der Waals surface area contributed by atoms with Crippen molar-refractivity contribution in [2.45, 2.75) is 0 Å². The van der Waals surface area contributed by atoms with Gasteiger partial charge in [-0.15, -0.1) is 11.3 Å². The van der Waals surface area contributed by atoms with E-state index in [1.54, 1.807) is 23.7 Å². The first-order valence-corrected chi connectivity index (χ1v) is 6.76. The number of amidine groups is 1. The van der Waals surface area contributed by atoms with Crippen LogP contribution in [0.5, 0.6) is 0 Å². The number of hydrogen-bond donors (Lipinski definition) is 3. The minimum atomic E-state index is -0.236. The van der Waals surface area contributed by atoms with Gasteiger partial charge in [-0.2, -0.15) is 0 Å². The summed E-state index contributed by atoms with van der Waals surface area (Å²) >= 11 is 4.57. The molecule has 4 N–H and O–H groups in total. The lowest BCUT2D eigenvalue weighted by molar-refractivity contribution is 0.103. The highest BCUT2D eigenvalue weighted by molar-refractivity contribution is 9.10. The summed E-state index contributed by atoms with van der Waals surface area (Å²) in [5, 5.41) is 14.2.